The highest BCUT2D eigenvalue weighted by Gasteiger charge is 2.29. The molecule has 3 aromatic rings. The molecule has 0 aliphatic heterocycles. The molecule has 0 saturated carbocycles. The van der Waals surface area contributed by atoms with Crippen molar-refractivity contribution < 1.29 is 9.78 Å². The summed E-state index contributed by atoms with van der Waals surface area (Å²) in [5, 5.41) is 0. The first-order valence-corrected chi connectivity index (χ1v) is 9.48. The van der Waals surface area contributed by atoms with Gasteiger partial charge in [0.2, 0.25) is 0 Å². The molecule has 0 aliphatic carbocycles. The zero-order valence-electron chi connectivity index (χ0n) is 16.4. The third kappa shape index (κ3) is 6.87. The summed E-state index contributed by atoms with van der Waals surface area (Å²) in [6.45, 7) is 8.01. The smallest absolute Gasteiger partial charge is 0.123 e. The van der Waals surface area contributed by atoms with Crippen LogP contribution in [-0.2, 0) is 21.0 Å². The molecule has 27 heavy (non-hydrogen) atoms. The summed E-state index contributed by atoms with van der Waals surface area (Å²) < 4.78 is 0. The molecule has 0 atom stereocenters. The number of thiol groups is 1. The quantitative estimate of drug-likeness (QED) is 0.299. The molecule has 0 unspecified atom stereocenters. The maximum atomic E-state index is 5.73. The van der Waals surface area contributed by atoms with E-state index < -0.39 is 11.2 Å². The van der Waals surface area contributed by atoms with Crippen LogP contribution in [0.4, 0.5) is 0 Å². The Bertz CT molecular complexity index is 733. The van der Waals surface area contributed by atoms with E-state index in [4.69, 9.17) is 9.78 Å². The second kappa shape index (κ2) is 9.75. The highest BCUT2D eigenvalue weighted by atomic mass is 32.1. The van der Waals surface area contributed by atoms with Gasteiger partial charge < -0.3 is 0 Å². The molecule has 0 N–H and O–H groups in total. The molecule has 3 aromatic carbocycles. The molecule has 3 heteroatoms. The van der Waals surface area contributed by atoms with Crippen molar-refractivity contribution in [1.82, 2.24) is 0 Å². The Kier molecular flexibility index (Phi) is 7.66. The van der Waals surface area contributed by atoms with E-state index in [0.717, 1.165) is 16.0 Å². The van der Waals surface area contributed by atoms with Crippen LogP contribution in [0.15, 0.2) is 95.9 Å². The third-order valence-electron chi connectivity index (χ3n) is 4.15. The van der Waals surface area contributed by atoms with Crippen LogP contribution >= 0.6 is 12.6 Å². The van der Waals surface area contributed by atoms with Gasteiger partial charge in [0.15, 0.2) is 0 Å². The molecule has 2 nitrogen and oxygen atoms in total. The lowest BCUT2D eigenvalue weighted by Gasteiger charge is -2.31. The Morgan fingerprint density at radius 3 is 1.07 bits per heavy atom. The van der Waals surface area contributed by atoms with E-state index in [2.05, 4.69) is 12.6 Å². The Hall–Kier alpha value is -2.07. The van der Waals surface area contributed by atoms with Crippen molar-refractivity contribution in [3.05, 3.63) is 102 Å². The highest BCUT2D eigenvalue weighted by Crippen LogP contribution is 2.31. The molecule has 0 fully saturated rings. The van der Waals surface area contributed by atoms with Crippen LogP contribution in [-0.4, -0.2) is 0 Å². The van der Waals surface area contributed by atoms with Crippen molar-refractivity contribution in [2.24, 2.45) is 0 Å². The lowest BCUT2D eigenvalue weighted by Crippen LogP contribution is -2.29. The van der Waals surface area contributed by atoms with Crippen LogP contribution in [0.1, 0.15) is 38.8 Å². The van der Waals surface area contributed by atoms with Gasteiger partial charge in [-0.15, -0.1) is 12.6 Å². The number of hydrogen-bond donors (Lipinski definition) is 1. The first kappa shape index (κ1) is 21.2. The van der Waals surface area contributed by atoms with Crippen molar-refractivity contribution in [2.45, 2.75) is 43.8 Å². The normalized spacial score (nSPS) is 11.4. The molecule has 0 bridgehead atoms. The molecule has 0 radical (unpaired) electrons. The highest BCUT2D eigenvalue weighted by molar-refractivity contribution is 7.80. The minimum atomic E-state index is -0.493. The molecule has 0 saturated heterocycles. The van der Waals surface area contributed by atoms with Crippen LogP contribution in [0.25, 0.3) is 0 Å². The number of rotatable bonds is 5. The Morgan fingerprint density at radius 1 is 0.519 bits per heavy atom. The van der Waals surface area contributed by atoms with Gasteiger partial charge in [0.05, 0.1) is 0 Å². The molecular weight excluding hydrogens is 352 g/mol. The van der Waals surface area contributed by atoms with Gasteiger partial charge >= 0.3 is 0 Å². The topological polar surface area (TPSA) is 18.5 Å². The lowest BCUT2D eigenvalue weighted by atomic mass is 9.98. The fourth-order valence-corrected chi connectivity index (χ4v) is 2.58. The first-order valence-electron chi connectivity index (χ1n) is 9.03. The van der Waals surface area contributed by atoms with Gasteiger partial charge in [0, 0.05) is 4.90 Å². The molecule has 0 aromatic heterocycles. The SMILES string of the molecule is CC(C)(OOC(C)(C)c1ccccc1)c1ccccc1.Sc1ccccc1. The lowest BCUT2D eigenvalue weighted by molar-refractivity contribution is -0.410. The zero-order chi connectivity index (χ0) is 19.8. The summed E-state index contributed by atoms with van der Waals surface area (Å²) in [5.74, 6) is 0. The average Bonchev–Trinajstić information content (AvgIpc) is 2.69. The predicted octanol–water partition coefficient (Wildman–Crippen LogP) is 6.78. The van der Waals surface area contributed by atoms with Crippen molar-refractivity contribution in [1.29, 1.82) is 0 Å². The van der Waals surface area contributed by atoms with Crippen molar-refractivity contribution in [3.8, 4) is 0 Å². The van der Waals surface area contributed by atoms with Crippen LogP contribution in [0.3, 0.4) is 0 Å². The Morgan fingerprint density at radius 2 is 0.815 bits per heavy atom. The van der Waals surface area contributed by atoms with E-state index in [-0.39, 0.29) is 0 Å². The molecule has 142 valence electrons. The molecule has 0 aliphatic rings. The van der Waals surface area contributed by atoms with Gasteiger partial charge in [-0.05, 0) is 51.0 Å². The zero-order valence-corrected chi connectivity index (χ0v) is 17.3. The third-order valence-corrected chi connectivity index (χ3v) is 4.45. The molecular formula is C24H28O2S. The average molecular weight is 381 g/mol. The molecule has 0 heterocycles. The van der Waals surface area contributed by atoms with Crippen molar-refractivity contribution >= 4 is 12.6 Å². The van der Waals surface area contributed by atoms with Gasteiger partial charge in [-0.2, -0.15) is 0 Å². The van der Waals surface area contributed by atoms with E-state index in [1.54, 1.807) is 0 Å². The fraction of sp³-hybridized carbons (Fsp3) is 0.250. The minimum absolute atomic E-state index is 0.493. The fourth-order valence-electron chi connectivity index (χ4n) is 2.41. The Labute approximate surface area is 168 Å². The minimum Gasteiger partial charge on any atom is -0.225 e. The van der Waals surface area contributed by atoms with Crippen molar-refractivity contribution in [3.63, 3.8) is 0 Å². The summed E-state index contributed by atoms with van der Waals surface area (Å²) in [4.78, 5) is 12.5. The molecule has 0 spiro atoms. The molecule has 3 rings (SSSR count). The first-order chi connectivity index (χ1) is 12.8. The van der Waals surface area contributed by atoms with E-state index >= 15 is 0 Å². The summed E-state index contributed by atoms with van der Waals surface area (Å²) >= 11 is 4.08. The standard InChI is InChI=1S/C18H22O2.C6H6S/c1-17(2,15-11-7-5-8-12-15)19-20-18(3,4)16-13-9-6-10-14-16;7-6-4-2-1-3-5-6/h5-14H,1-4H3;1-5,7H. The molecule has 0 amide bonds. The second-order valence-corrected chi connectivity index (χ2v) is 7.77. The van der Waals surface area contributed by atoms with E-state index in [1.165, 1.54) is 0 Å². The van der Waals surface area contributed by atoms with E-state index in [9.17, 15) is 0 Å². The van der Waals surface area contributed by atoms with E-state index in [0.29, 0.717) is 0 Å². The summed E-state index contributed by atoms with van der Waals surface area (Å²) in [5.41, 5.74) is 1.19. The maximum absolute atomic E-state index is 5.73. The monoisotopic (exact) mass is 380 g/mol. The predicted molar refractivity (Wildman–Crippen MR) is 115 cm³/mol. The van der Waals surface area contributed by atoms with Crippen LogP contribution < -0.4 is 0 Å². The maximum Gasteiger partial charge on any atom is 0.123 e. The van der Waals surface area contributed by atoms with Gasteiger partial charge in [-0.1, -0.05) is 78.9 Å². The van der Waals surface area contributed by atoms with Crippen molar-refractivity contribution in [2.75, 3.05) is 0 Å². The van der Waals surface area contributed by atoms with Gasteiger partial charge in [-0.3, -0.25) is 0 Å². The second-order valence-electron chi connectivity index (χ2n) is 7.25. The summed E-state index contributed by atoms with van der Waals surface area (Å²) in [7, 11) is 0. The van der Waals surface area contributed by atoms with E-state index in [1.807, 2.05) is 119 Å². The van der Waals surface area contributed by atoms with Crippen LogP contribution in [0, 0.1) is 0 Å². The largest absolute Gasteiger partial charge is 0.225 e. The van der Waals surface area contributed by atoms with Gasteiger partial charge in [0.25, 0.3) is 0 Å². The number of benzene rings is 3. The summed E-state index contributed by atoms with van der Waals surface area (Å²) in [6, 6.07) is 30.0. The van der Waals surface area contributed by atoms with Gasteiger partial charge in [0.1, 0.15) is 11.2 Å². The van der Waals surface area contributed by atoms with Crippen LogP contribution in [0.2, 0.25) is 0 Å². The Balaban J connectivity index is 0.000000313. The van der Waals surface area contributed by atoms with Crippen LogP contribution in [0.5, 0.6) is 0 Å². The summed E-state index contributed by atoms with van der Waals surface area (Å²) in [6.07, 6.45) is 0. The number of hydrogen-bond acceptors (Lipinski definition) is 3. The van der Waals surface area contributed by atoms with Gasteiger partial charge in [-0.25, -0.2) is 9.78 Å².